The first-order chi connectivity index (χ1) is 22.1. The second-order valence-corrected chi connectivity index (χ2v) is 18.2. The van der Waals surface area contributed by atoms with Gasteiger partial charge in [-0.05, 0) is 107 Å². The van der Waals surface area contributed by atoms with Crippen LogP contribution in [0.3, 0.4) is 0 Å². The maximum atomic E-state index is 10.4. The molecule has 0 saturated carbocycles. The van der Waals surface area contributed by atoms with Gasteiger partial charge in [-0.15, -0.1) is 0 Å². The summed E-state index contributed by atoms with van der Waals surface area (Å²) in [5.74, 6) is 0. The minimum absolute atomic E-state index is 0.0731. The van der Waals surface area contributed by atoms with E-state index in [0.717, 1.165) is 0 Å². The van der Waals surface area contributed by atoms with Crippen molar-refractivity contribution in [3.05, 3.63) is 0 Å². The van der Waals surface area contributed by atoms with Crippen LogP contribution in [0.4, 0.5) is 0 Å². The number of rotatable bonds is 29. The summed E-state index contributed by atoms with van der Waals surface area (Å²) in [4.78, 5) is 0. The quantitative estimate of drug-likeness (QED) is 0.0674. The predicted molar refractivity (Wildman–Crippen MR) is 196 cm³/mol. The Morgan fingerprint density at radius 1 is 0.551 bits per heavy atom. The van der Waals surface area contributed by atoms with Gasteiger partial charge in [-0.2, -0.15) is 0 Å². The molecule has 0 bridgehead atoms. The van der Waals surface area contributed by atoms with Gasteiger partial charge in [0.25, 0.3) is 0 Å². The monoisotopic (exact) mass is 710 g/mol. The van der Waals surface area contributed by atoms with Gasteiger partial charge in [-0.25, -0.2) is 0 Å². The molecule has 0 aliphatic carbocycles. The Balaban J connectivity index is 6.92. The van der Waals surface area contributed by atoms with Gasteiger partial charge in [-0.3, -0.25) is 0 Å². The lowest BCUT2D eigenvalue weighted by Gasteiger charge is -2.56. The zero-order valence-corrected chi connectivity index (χ0v) is 34.0. The summed E-state index contributed by atoms with van der Waals surface area (Å²) in [6.07, 6.45) is 1.84. The van der Waals surface area contributed by atoms with E-state index in [4.69, 9.17) is 34.2 Å². The molecule has 0 aromatic carbocycles. The van der Waals surface area contributed by atoms with E-state index in [-0.39, 0.29) is 19.8 Å². The second-order valence-electron chi connectivity index (χ2n) is 18.2. The van der Waals surface area contributed by atoms with Gasteiger partial charge in [-0.1, -0.05) is 20.8 Å². The van der Waals surface area contributed by atoms with Crippen molar-refractivity contribution in [1.82, 2.24) is 0 Å². The van der Waals surface area contributed by atoms with Crippen LogP contribution in [0.2, 0.25) is 0 Å². The zero-order valence-electron chi connectivity index (χ0n) is 34.0. The molecule has 11 nitrogen and oxygen atoms in total. The third kappa shape index (κ3) is 19.8. The smallest absolute Gasteiger partial charge is 0.0783 e. The van der Waals surface area contributed by atoms with Crippen LogP contribution in [0.25, 0.3) is 0 Å². The van der Waals surface area contributed by atoms with E-state index in [1.165, 1.54) is 0 Å². The van der Waals surface area contributed by atoms with E-state index in [2.05, 4.69) is 13.8 Å². The molecule has 0 aliphatic rings. The lowest BCUT2D eigenvalue weighted by atomic mass is 9.55. The third-order valence-corrected chi connectivity index (χ3v) is 9.30. The Kier molecular flexibility index (Phi) is 20.0. The first kappa shape index (κ1) is 48.6. The molecule has 296 valence electrons. The fraction of sp³-hybridized carbons (Fsp3) is 1.00. The van der Waals surface area contributed by atoms with Gasteiger partial charge in [0.05, 0.1) is 87.5 Å². The van der Waals surface area contributed by atoms with E-state index in [1.54, 1.807) is 41.5 Å². The highest BCUT2D eigenvalue weighted by molar-refractivity contribution is 5.08. The predicted octanol–water partition coefficient (Wildman–Crippen LogP) is 4.87. The van der Waals surface area contributed by atoms with Crippen molar-refractivity contribution < 1.29 is 48.8 Å². The maximum Gasteiger partial charge on any atom is 0.0783 e. The van der Waals surface area contributed by atoms with E-state index < -0.39 is 50.3 Å². The highest BCUT2D eigenvalue weighted by atomic mass is 16.5. The van der Waals surface area contributed by atoms with Gasteiger partial charge in [0.2, 0.25) is 0 Å². The van der Waals surface area contributed by atoms with E-state index in [0.29, 0.717) is 78.5 Å². The van der Waals surface area contributed by atoms with Crippen LogP contribution in [0, 0.1) is 16.2 Å². The number of ether oxygens (including phenoxy) is 6. The number of aliphatic hydroxyl groups is 4. The largest absolute Gasteiger partial charge is 0.394 e. The van der Waals surface area contributed by atoms with Gasteiger partial charge >= 0.3 is 0 Å². The molecule has 0 saturated heterocycles. The minimum atomic E-state index is -0.895. The van der Waals surface area contributed by atoms with E-state index >= 15 is 0 Å². The first-order valence-corrected chi connectivity index (χ1v) is 18.2. The summed E-state index contributed by atoms with van der Waals surface area (Å²) >= 11 is 0. The summed E-state index contributed by atoms with van der Waals surface area (Å²) in [7, 11) is 0. The van der Waals surface area contributed by atoms with Crippen molar-refractivity contribution in [1.29, 1.82) is 0 Å². The number of aliphatic hydroxyl groups excluding tert-OH is 1. The lowest BCUT2D eigenvalue weighted by molar-refractivity contribution is -0.184. The fourth-order valence-electron chi connectivity index (χ4n) is 5.94. The molecule has 0 spiro atoms. The molecule has 0 aromatic rings. The molecule has 3 atom stereocenters. The van der Waals surface area contributed by atoms with Crippen molar-refractivity contribution >= 4 is 0 Å². The van der Waals surface area contributed by atoms with Gasteiger partial charge in [0.15, 0.2) is 0 Å². The molecule has 3 unspecified atom stereocenters. The summed E-state index contributed by atoms with van der Waals surface area (Å²) in [6.45, 7) is 30.2. The van der Waals surface area contributed by atoms with Crippen molar-refractivity contribution in [2.45, 2.75) is 157 Å². The Hall–Kier alpha value is -0.440. The molecular formula is C38H79NO10. The Labute approximate surface area is 299 Å². The molecule has 0 aliphatic heterocycles. The normalized spacial score (nSPS) is 17.2. The highest BCUT2D eigenvalue weighted by Crippen LogP contribution is 2.51. The molecule has 0 rings (SSSR count). The second kappa shape index (κ2) is 20.1. The van der Waals surface area contributed by atoms with Crippen molar-refractivity contribution in [3.8, 4) is 0 Å². The van der Waals surface area contributed by atoms with Crippen molar-refractivity contribution in [2.24, 2.45) is 22.0 Å². The topological polar surface area (TPSA) is 162 Å². The molecule has 0 fully saturated rings. The third-order valence-electron chi connectivity index (χ3n) is 9.30. The number of hydrogen-bond donors (Lipinski definition) is 5. The van der Waals surface area contributed by atoms with Crippen LogP contribution in [0.1, 0.15) is 123 Å². The Bertz CT molecular complexity index is 890. The molecule has 0 amide bonds. The summed E-state index contributed by atoms with van der Waals surface area (Å²) in [5, 5.41) is 40.5. The van der Waals surface area contributed by atoms with Gasteiger partial charge in [0.1, 0.15) is 0 Å². The maximum absolute atomic E-state index is 10.4. The summed E-state index contributed by atoms with van der Waals surface area (Å²) < 4.78 is 37.6. The molecule has 6 N–H and O–H groups in total. The van der Waals surface area contributed by atoms with Crippen LogP contribution >= 0.6 is 0 Å². The molecule has 0 heterocycles. The van der Waals surface area contributed by atoms with E-state index in [1.807, 2.05) is 41.5 Å². The molecular weight excluding hydrogens is 630 g/mol. The van der Waals surface area contributed by atoms with Crippen molar-refractivity contribution in [3.63, 3.8) is 0 Å². The summed E-state index contributed by atoms with van der Waals surface area (Å²) in [5.41, 5.74) is 1.34. The molecule has 0 aromatic heterocycles. The van der Waals surface area contributed by atoms with Crippen LogP contribution in [-0.4, -0.2) is 127 Å². The summed E-state index contributed by atoms with van der Waals surface area (Å²) in [6, 6.07) is -0.601. The molecule has 49 heavy (non-hydrogen) atoms. The van der Waals surface area contributed by atoms with Crippen LogP contribution in [-0.2, 0) is 28.4 Å². The average molecular weight is 710 g/mol. The van der Waals surface area contributed by atoms with Crippen LogP contribution in [0.15, 0.2) is 0 Å². The van der Waals surface area contributed by atoms with Crippen LogP contribution in [0.5, 0.6) is 0 Å². The van der Waals surface area contributed by atoms with Gasteiger partial charge in [0, 0.05) is 30.1 Å². The number of nitrogens with two attached hydrogens (primary N) is 1. The highest BCUT2D eigenvalue weighted by Gasteiger charge is 2.57. The Morgan fingerprint density at radius 3 is 1.49 bits per heavy atom. The average Bonchev–Trinajstić information content (AvgIpc) is 2.91. The first-order valence-electron chi connectivity index (χ1n) is 18.2. The zero-order chi connectivity index (χ0) is 38.4. The SMILES string of the molecule is CCOCC(C)(COCCO)COCC(CC(C)(C)OCCC(C)(C)O)(C(N)C(C)(C)OCCC(C)(C)O)C(C)(C)COCCC(C)(C)O. The van der Waals surface area contributed by atoms with Crippen molar-refractivity contribution in [2.75, 3.05) is 72.7 Å². The lowest BCUT2D eigenvalue weighted by Crippen LogP contribution is -2.66. The molecule has 11 heteroatoms. The van der Waals surface area contributed by atoms with Gasteiger partial charge < -0.3 is 54.6 Å². The standard InChI is InChI=1S/C38H79NO10/c1-15-44-26-37(14,27-46-23-19-40)28-47-29-38(24-35(10,11)48-21-17-33(6,7)42,31(2,3)25-45-20-16-32(4,5)41)30(39)36(12,13)49-22-18-34(8,9)43/h30,40-43H,15-29,39H2,1-14H3. The van der Waals surface area contributed by atoms with Crippen LogP contribution < -0.4 is 5.73 Å². The Morgan fingerprint density at radius 2 is 1.00 bits per heavy atom. The van der Waals surface area contributed by atoms with E-state index in [9.17, 15) is 20.4 Å². The fourth-order valence-corrected chi connectivity index (χ4v) is 5.94. The number of hydrogen-bond acceptors (Lipinski definition) is 11. The minimum Gasteiger partial charge on any atom is -0.394 e. The molecule has 0 radical (unpaired) electrons.